The molecule has 0 atom stereocenters. The van der Waals surface area contributed by atoms with Crippen LogP contribution >= 0.6 is 0 Å². The van der Waals surface area contributed by atoms with E-state index in [1.165, 1.54) is 6.07 Å². The van der Waals surface area contributed by atoms with E-state index < -0.39 is 17.9 Å². The van der Waals surface area contributed by atoms with Crippen LogP contribution in [0.2, 0.25) is 0 Å². The van der Waals surface area contributed by atoms with Crippen LogP contribution in [-0.4, -0.2) is 22.2 Å². The molecule has 0 amide bonds. The van der Waals surface area contributed by atoms with Gasteiger partial charge in [0.1, 0.15) is 0 Å². The first-order valence-electron chi connectivity index (χ1n) is 5.71. The van der Waals surface area contributed by atoms with E-state index in [-0.39, 0.29) is 5.56 Å². The Morgan fingerprint density at radius 2 is 1.32 bits per heavy atom. The van der Waals surface area contributed by atoms with Crippen molar-refractivity contribution in [2.75, 3.05) is 0 Å². The molecule has 2 N–H and O–H groups in total. The van der Waals surface area contributed by atoms with E-state index in [0.29, 0.717) is 5.56 Å². The molecule has 0 aliphatic carbocycles. The summed E-state index contributed by atoms with van der Waals surface area (Å²) in [7, 11) is 0. The minimum absolute atomic E-state index is 0.286. The second-order valence-corrected chi connectivity index (χ2v) is 4.06. The van der Waals surface area contributed by atoms with Crippen molar-refractivity contribution in [1.29, 1.82) is 0 Å². The predicted molar refractivity (Wildman–Crippen MR) is 69.9 cm³/mol. The van der Waals surface area contributed by atoms with E-state index in [0.717, 1.165) is 5.56 Å². The number of rotatable bonds is 4. The van der Waals surface area contributed by atoms with Gasteiger partial charge in [-0.3, -0.25) is 9.59 Å². The van der Waals surface area contributed by atoms with Crippen LogP contribution in [0.15, 0.2) is 54.6 Å². The third-order valence-corrected chi connectivity index (χ3v) is 2.85. The molecule has 0 bridgehead atoms. The van der Waals surface area contributed by atoms with Gasteiger partial charge in [0, 0.05) is 0 Å². The zero-order valence-electron chi connectivity index (χ0n) is 9.98. The van der Waals surface area contributed by atoms with Crippen molar-refractivity contribution in [3.8, 4) is 11.1 Å². The Morgan fingerprint density at radius 1 is 0.789 bits per heavy atom. The highest BCUT2D eigenvalue weighted by atomic mass is 16.4. The lowest BCUT2D eigenvalue weighted by molar-refractivity contribution is -0.150. The molecule has 2 rings (SSSR count). The van der Waals surface area contributed by atoms with Gasteiger partial charge in [0.2, 0.25) is 0 Å². The highest BCUT2D eigenvalue weighted by Crippen LogP contribution is 2.29. The number of hydrogen-bond donors (Lipinski definition) is 2. The van der Waals surface area contributed by atoms with Gasteiger partial charge in [-0.25, -0.2) is 0 Å². The van der Waals surface area contributed by atoms with E-state index in [1.807, 2.05) is 30.3 Å². The molecule has 0 spiro atoms. The number of carboxylic acid groups (broad SMARTS) is 2. The van der Waals surface area contributed by atoms with Crippen molar-refractivity contribution >= 4 is 11.9 Å². The largest absolute Gasteiger partial charge is 0.480 e. The first kappa shape index (κ1) is 12.8. The highest BCUT2D eigenvalue weighted by molar-refractivity contribution is 6.00. The topological polar surface area (TPSA) is 74.6 Å². The summed E-state index contributed by atoms with van der Waals surface area (Å²) >= 11 is 0. The van der Waals surface area contributed by atoms with Crippen LogP contribution in [-0.2, 0) is 9.59 Å². The van der Waals surface area contributed by atoms with E-state index >= 15 is 0 Å². The molecule has 0 aromatic heterocycles. The molecule has 4 nitrogen and oxygen atoms in total. The second kappa shape index (κ2) is 5.35. The molecule has 0 aliphatic heterocycles. The third-order valence-electron chi connectivity index (χ3n) is 2.85. The number of aliphatic carboxylic acids is 2. The van der Waals surface area contributed by atoms with Crippen LogP contribution in [0.5, 0.6) is 0 Å². The molecule has 0 radical (unpaired) electrons. The van der Waals surface area contributed by atoms with Gasteiger partial charge >= 0.3 is 11.9 Å². The molecule has 0 saturated heterocycles. The van der Waals surface area contributed by atoms with Crippen molar-refractivity contribution in [3.05, 3.63) is 60.2 Å². The van der Waals surface area contributed by atoms with Crippen molar-refractivity contribution in [2.45, 2.75) is 5.92 Å². The molecule has 4 heteroatoms. The normalized spacial score (nSPS) is 10.4. The van der Waals surface area contributed by atoms with Gasteiger partial charge in [0.25, 0.3) is 0 Å². The van der Waals surface area contributed by atoms with Crippen LogP contribution in [0, 0.1) is 0 Å². The molecule has 96 valence electrons. The van der Waals surface area contributed by atoms with E-state index in [4.69, 9.17) is 10.2 Å². The van der Waals surface area contributed by atoms with Gasteiger partial charge in [-0.1, -0.05) is 54.6 Å². The van der Waals surface area contributed by atoms with Crippen LogP contribution in [0.3, 0.4) is 0 Å². The number of carboxylic acids is 2. The summed E-state index contributed by atoms with van der Waals surface area (Å²) < 4.78 is 0. The van der Waals surface area contributed by atoms with E-state index in [1.54, 1.807) is 18.2 Å². The Morgan fingerprint density at radius 3 is 1.89 bits per heavy atom. The average Bonchev–Trinajstić information content (AvgIpc) is 2.39. The summed E-state index contributed by atoms with van der Waals surface area (Å²) in [6, 6.07) is 15.8. The second-order valence-electron chi connectivity index (χ2n) is 4.06. The summed E-state index contributed by atoms with van der Waals surface area (Å²) in [6.07, 6.45) is 0. The molecule has 0 saturated carbocycles. The lowest BCUT2D eigenvalue weighted by Gasteiger charge is -2.13. The minimum atomic E-state index is -1.56. The summed E-state index contributed by atoms with van der Waals surface area (Å²) in [6.45, 7) is 0. The first-order valence-corrected chi connectivity index (χ1v) is 5.71. The summed E-state index contributed by atoms with van der Waals surface area (Å²) in [5.41, 5.74) is 1.71. The Kier molecular flexibility index (Phi) is 3.61. The molecular weight excluding hydrogens is 244 g/mol. The molecular formula is C15H12O4. The van der Waals surface area contributed by atoms with Gasteiger partial charge in [-0.15, -0.1) is 0 Å². The first-order chi connectivity index (χ1) is 9.11. The fourth-order valence-electron chi connectivity index (χ4n) is 2.00. The maximum atomic E-state index is 11.1. The molecule has 0 heterocycles. The van der Waals surface area contributed by atoms with Gasteiger partial charge in [-0.05, 0) is 16.7 Å². The zero-order valence-corrected chi connectivity index (χ0v) is 9.98. The van der Waals surface area contributed by atoms with Crippen molar-refractivity contribution in [3.63, 3.8) is 0 Å². The highest BCUT2D eigenvalue weighted by Gasteiger charge is 2.29. The monoisotopic (exact) mass is 256 g/mol. The number of hydrogen-bond acceptors (Lipinski definition) is 2. The van der Waals surface area contributed by atoms with Crippen LogP contribution in [0.25, 0.3) is 11.1 Å². The average molecular weight is 256 g/mol. The smallest absolute Gasteiger partial charge is 0.322 e. The van der Waals surface area contributed by atoms with E-state index in [9.17, 15) is 9.59 Å². The molecule has 2 aromatic carbocycles. The minimum Gasteiger partial charge on any atom is -0.480 e. The van der Waals surface area contributed by atoms with E-state index in [2.05, 4.69) is 0 Å². The fourth-order valence-corrected chi connectivity index (χ4v) is 2.00. The van der Waals surface area contributed by atoms with Crippen LogP contribution < -0.4 is 0 Å². The number of benzene rings is 2. The Balaban J connectivity index is 2.59. The van der Waals surface area contributed by atoms with Gasteiger partial charge in [0.15, 0.2) is 5.92 Å². The maximum absolute atomic E-state index is 11.1. The molecule has 0 fully saturated rings. The lowest BCUT2D eigenvalue weighted by Crippen LogP contribution is -2.21. The predicted octanol–water partition coefficient (Wildman–Crippen LogP) is 2.61. The zero-order chi connectivity index (χ0) is 13.8. The molecule has 0 aliphatic rings. The third kappa shape index (κ3) is 2.63. The SMILES string of the molecule is O=C(O)C(C(=O)O)c1ccccc1-c1ccccc1. The van der Waals surface area contributed by atoms with Gasteiger partial charge < -0.3 is 10.2 Å². The molecule has 19 heavy (non-hydrogen) atoms. The quantitative estimate of drug-likeness (QED) is 0.824. The Hall–Kier alpha value is -2.62. The number of carbonyl (C=O) groups is 2. The molecule has 2 aromatic rings. The van der Waals surface area contributed by atoms with Gasteiger partial charge in [-0.2, -0.15) is 0 Å². The summed E-state index contributed by atoms with van der Waals surface area (Å²) in [5.74, 6) is -4.29. The summed E-state index contributed by atoms with van der Waals surface area (Å²) in [5, 5.41) is 18.2. The molecule has 0 unspecified atom stereocenters. The van der Waals surface area contributed by atoms with Gasteiger partial charge in [0.05, 0.1) is 0 Å². The lowest BCUT2D eigenvalue weighted by atomic mass is 9.90. The van der Waals surface area contributed by atoms with Crippen molar-refractivity contribution < 1.29 is 19.8 Å². The Labute approximate surface area is 109 Å². The van der Waals surface area contributed by atoms with Crippen LogP contribution in [0.4, 0.5) is 0 Å². The standard InChI is InChI=1S/C15H12O4/c16-14(17)13(15(18)19)12-9-5-4-8-11(12)10-6-2-1-3-7-10/h1-9,13H,(H,16,17)(H,18,19). The fraction of sp³-hybridized carbons (Fsp3) is 0.0667. The maximum Gasteiger partial charge on any atom is 0.322 e. The summed E-state index contributed by atoms with van der Waals surface area (Å²) in [4.78, 5) is 22.3. The Bertz CT molecular complexity index is 591. The van der Waals surface area contributed by atoms with Crippen LogP contribution in [0.1, 0.15) is 11.5 Å². The van der Waals surface area contributed by atoms with Crippen molar-refractivity contribution in [2.24, 2.45) is 0 Å². The van der Waals surface area contributed by atoms with Crippen molar-refractivity contribution in [1.82, 2.24) is 0 Å².